The van der Waals surface area contributed by atoms with E-state index in [2.05, 4.69) is 9.97 Å². The van der Waals surface area contributed by atoms with Crippen LogP contribution in [0.2, 0.25) is 0 Å². The van der Waals surface area contributed by atoms with E-state index in [0.29, 0.717) is 15.8 Å². The molecule has 0 aromatic carbocycles. The molecule has 13 heavy (non-hydrogen) atoms. The van der Waals surface area contributed by atoms with Gasteiger partial charge >= 0.3 is 0 Å². The van der Waals surface area contributed by atoms with Crippen molar-refractivity contribution < 1.29 is 0 Å². The summed E-state index contributed by atoms with van der Waals surface area (Å²) in [6.45, 7) is 0. The molecular weight excluding hydrogens is 186 g/mol. The zero-order valence-electron chi connectivity index (χ0n) is 6.94. The molecule has 0 aliphatic carbocycles. The predicted octanol–water partition coefficient (Wildman–Crippen LogP) is 0.991. The van der Waals surface area contributed by atoms with E-state index in [4.69, 9.17) is 12.2 Å². The Labute approximate surface area is 78.9 Å². The second kappa shape index (κ2) is 2.77. The second-order valence-corrected chi connectivity index (χ2v) is 3.08. The molecule has 0 fully saturated rings. The molecule has 0 aliphatic heterocycles. The summed E-state index contributed by atoms with van der Waals surface area (Å²) in [4.78, 5) is 18.0. The Morgan fingerprint density at radius 3 is 3.15 bits per heavy atom. The zero-order chi connectivity index (χ0) is 9.42. The normalized spacial score (nSPS) is 10.5. The SMILES string of the molecule is Cn1c(=S)[nH]c(=O)c2cccnc21. The van der Waals surface area contributed by atoms with E-state index in [-0.39, 0.29) is 5.56 Å². The monoisotopic (exact) mass is 193 g/mol. The summed E-state index contributed by atoms with van der Waals surface area (Å²) in [5.74, 6) is 0. The summed E-state index contributed by atoms with van der Waals surface area (Å²) in [5, 5.41) is 0.554. The highest BCUT2D eigenvalue weighted by atomic mass is 32.1. The molecular formula is C8H7N3OS. The Morgan fingerprint density at radius 1 is 1.62 bits per heavy atom. The van der Waals surface area contributed by atoms with E-state index in [9.17, 15) is 4.79 Å². The lowest BCUT2D eigenvalue weighted by molar-refractivity contribution is 0.863. The lowest BCUT2D eigenvalue weighted by Crippen LogP contribution is -2.13. The second-order valence-electron chi connectivity index (χ2n) is 2.69. The van der Waals surface area contributed by atoms with E-state index < -0.39 is 0 Å². The Balaban J connectivity index is 3.15. The Kier molecular flexibility index (Phi) is 1.73. The van der Waals surface area contributed by atoms with Gasteiger partial charge in [0.15, 0.2) is 4.77 Å². The molecule has 2 rings (SSSR count). The standard InChI is InChI=1S/C8H7N3OS/c1-11-6-5(3-2-4-9-6)7(12)10-8(11)13/h2-4H,1H3,(H,10,12,13). The minimum Gasteiger partial charge on any atom is -0.306 e. The van der Waals surface area contributed by atoms with Gasteiger partial charge in [0.05, 0.1) is 5.39 Å². The lowest BCUT2D eigenvalue weighted by atomic mass is 10.3. The molecule has 0 radical (unpaired) electrons. The number of pyridine rings is 1. The van der Waals surface area contributed by atoms with Gasteiger partial charge in [-0.2, -0.15) is 0 Å². The van der Waals surface area contributed by atoms with E-state index in [1.165, 1.54) is 0 Å². The van der Waals surface area contributed by atoms with Crippen LogP contribution >= 0.6 is 12.2 Å². The molecule has 0 unspecified atom stereocenters. The van der Waals surface area contributed by atoms with Gasteiger partial charge in [0.1, 0.15) is 5.65 Å². The minimum atomic E-state index is -0.189. The maximum atomic E-state index is 11.4. The Morgan fingerprint density at radius 2 is 2.38 bits per heavy atom. The van der Waals surface area contributed by atoms with Crippen molar-refractivity contribution in [2.45, 2.75) is 0 Å². The van der Waals surface area contributed by atoms with Crippen LogP contribution in [0.1, 0.15) is 0 Å². The van der Waals surface area contributed by atoms with Gasteiger partial charge in [-0.3, -0.25) is 9.78 Å². The quantitative estimate of drug-likeness (QED) is 0.635. The molecule has 0 aliphatic rings. The molecule has 66 valence electrons. The average Bonchev–Trinajstić information content (AvgIpc) is 2.15. The molecule has 0 atom stereocenters. The van der Waals surface area contributed by atoms with Crippen LogP contribution in [0, 0.1) is 4.77 Å². The third kappa shape index (κ3) is 1.17. The van der Waals surface area contributed by atoms with Crippen molar-refractivity contribution in [2.75, 3.05) is 0 Å². The highest BCUT2D eigenvalue weighted by Gasteiger charge is 2.01. The van der Waals surface area contributed by atoms with Crippen molar-refractivity contribution in [2.24, 2.45) is 7.05 Å². The number of aryl methyl sites for hydroxylation is 1. The fraction of sp³-hybridized carbons (Fsp3) is 0.125. The van der Waals surface area contributed by atoms with E-state index in [1.807, 2.05) is 0 Å². The Hall–Kier alpha value is -1.49. The number of aromatic amines is 1. The van der Waals surface area contributed by atoms with Crippen molar-refractivity contribution in [3.05, 3.63) is 33.5 Å². The van der Waals surface area contributed by atoms with Crippen LogP contribution in [0.5, 0.6) is 0 Å². The van der Waals surface area contributed by atoms with Crippen LogP contribution in [0.15, 0.2) is 23.1 Å². The molecule has 4 nitrogen and oxygen atoms in total. The first-order valence-electron chi connectivity index (χ1n) is 3.74. The number of hydrogen-bond acceptors (Lipinski definition) is 3. The first kappa shape index (κ1) is 8.12. The number of H-pyrrole nitrogens is 1. The first-order valence-corrected chi connectivity index (χ1v) is 4.15. The van der Waals surface area contributed by atoms with Gasteiger partial charge < -0.3 is 4.57 Å². The number of aromatic nitrogens is 3. The maximum absolute atomic E-state index is 11.4. The molecule has 5 heteroatoms. The van der Waals surface area contributed by atoms with Crippen molar-refractivity contribution in [3.8, 4) is 0 Å². The van der Waals surface area contributed by atoms with Crippen molar-refractivity contribution in [3.63, 3.8) is 0 Å². The molecule has 0 amide bonds. The summed E-state index contributed by atoms with van der Waals surface area (Å²) in [5.41, 5.74) is 0.419. The summed E-state index contributed by atoms with van der Waals surface area (Å²) in [7, 11) is 1.77. The van der Waals surface area contributed by atoms with Gasteiger partial charge in [-0.25, -0.2) is 4.98 Å². The van der Waals surface area contributed by atoms with Crippen molar-refractivity contribution in [1.82, 2.24) is 14.5 Å². The van der Waals surface area contributed by atoms with E-state index in [1.54, 1.807) is 29.9 Å². The number of rotatable bonds is 0. The molecule has 0 saturated carbocycles. The summed E-state index contributed by atoms with van der Waals surface area (Å²) in [6.07, 6.45) is 1.64. The summed E-state index contributed by atoms with van der Waals surface area (Å²) < 4.78 is 2.06. The number of fused-ring (bicyclic) bond motifs is 1. The average molecular weight is 193 g/mol. The van der Waals surface area contributed by atoms with Crippen LogP contribution in [-0.2, 0) is 7.05 Å². The van der Waals surface area contributed by atoms with Crippen molar-refractivity contribution in [1.29, 1.82) is 0 Å². The number of nitrogens with zero attached hydrogens (tertiary/aromatic N) is 2. The predicted molar refractivity (Wildman–Crippen MR) is 52.2 cm³/mol. The van der Waals surface area contributed by atoms with Crippen LogP contribution in [-0.4, -0.2) is 14.5 Å². The van der Waals surface area contributed by atoms with Crippen LogP contribution in [0.25, 0.3) is 11.0 Å². The lowest BCUT2D eigenvalue weighted by Gasteiger charge is -2.01. The third-order valence-electron chi connectivity index (χ3n) is 1.87. The van der Waals surface area contributed by atoms with Gasteiger partial charge in [-0.15, -0.1) is 0 Å². The smallest absolute Gasteiger partial charge is 0.261 e. The fourth-order valence-corrected chi connectivity index (χ4v) is 1.37. The number of nitrogens with one attached hydrogen (secondary N) is 1. The van der Waals surface area contributed by atoms with E-state index >= 15 is 0 Å². The highest BCUT2D eigenvalue weighted by molar-refractivity contribution is 7.71. The number of hydrogen-bond donors (Lipinski definition) is 1. The van der Waals surface area contributed by atoms with Crippen molar-refractivity contribution >= 4 is 23.3 Å². The van der Waals surface area contributed by atoms with Gasteiger partial charge in [0.25, 0.3) is 5.56 Å². The third-order valence-corrected chi connectivity index (χ3v) is 2.25. The van der Waals surface area contributed by atoms with Crippen LogP contribution in [0.3, 0.4) is 0 Å². The van der Waals surface area contributed by atoms with Crippen LogP contribution < -0.4 is 5.56 Å². The topological polar surface area (TPSA) is 50.7 Å². The fourth-order valence-electron chi connectivity index (χ4n) is 1.19. The molecule has 0 saturated heterocycles. The van der Waals surface area contributed by atoms with Gasteiger partial charge in [0.2, 0.25) is 0 Å². The van der Waals surface area contributed by atoms with Crippen LogP contribution in [0.4, 0.5) is 0 Å². The zero-order valence-corrected chi connectivity index (χ0v) is 7.76. The van der Waals surface area contributed by atoms with Gasteiger partial charge in [-0.1, -0.05) is 0 Å². The summed E-state index contributed by atoms with van der Waals surface area (Å²) in [6, 6.07) is 3.44. The van der Waals surface area contributed by atoms with Gasteiger partial charge in [-0.05, 0) is 24.4 Å². The first-order chi connectivity index (χ1) is 6.20. The highest BCUT2D eigenvalue weighted by Crippen LogP contribution is 2.03. The Bertz CT molecular complexity index is 569. The largest absolute Gasteiger partial charge is 0.306 e. The molecule has 2 heterocycles. The molecule has 0 spiro atoms. The molecule has 1 N–H and O–H groups in total. The summed E-state index contributed by atoms with van der Waals surface area (Å²) >= 11 is 4.94. The molecule has 2 aromatic rings. The van der Waals surface area contributed by atoms with E-state index in [0.717, 1.165) is 0 Å². The molecule has 0 bridgehead atoms. The van der Waals surface area contributed by atoms with Gasteiger partial charge in [0, 0.05) is 13.2 Å². The maximum Gasteiger partial charge on any atom is 0.261 e. The molecule has 2 aromatic heterocycles. The minimum absolute atomic E-state index is 0.189.